The van der Waals surface area contributed by atoms with Gasteiger partial charge in [-0.3, -0.25) is 0 Å². The normalized spacial score (nSPS) is 26.2. The van der Waals surface area contributed by atoms with Gasteiger partial charge < -0.3 is 0 Å². The fraction of sp³-hybridized carbons (Fsp3) is 1.00. The summed E-state index contributed by atoms with van der Waals surface area (Å²) >= 11 is 0. The van der Waals surface area contributed by atoms with E-state index in [1.807, 2.05) is 0 Å². The van der Waals surface area contributed by atoms with Gasteiger partial charge in [0.25, 0.3) is 0 Å². The van der Waals surface area contributed by atoms with Crippen LogP contribution in [0, 0.1) is 5.41 Å². The molecule has 2 heteroatoms. The van der Waals surface area contributed by atoms with E-state index in [0.29, 0.717) is 5.41 Å². The Kier molecular flexibility index (Phi) is 2.55. The predicted octanol–water partition coefficient (Wildman–Crippen LogP) is 1.58. The third kappa shape index (κ3) is 1.57. The average Bonchev–Trinajstić information content (AvgIpc) is 2.29. The van der Waals surface area contributed by atoms with E-state index in [9.17, 15) is 0 Å². The summed E-state index contributed by atoms with van der Waals surface area (Å²) in [5, 5.41) is 4.65. The quantitative estimate of drug-likeness (QED) is 0.599. The van der Waals surface area contributed by atoms with Gasteiger partial charge in [0.1, 0.15) is 0 Å². The molecule has 0 aromatic rings. The first-order chi connectivity index (χ1) is 5.13. The Morgan fingerprint density at radius 2 is 1.36 bits per heavy atom. The molecule has 0 aliphatic carbocycles. The summed E-state index contributed by atoms with van der Waals surface area (Å²) in [6, 6.07) is 0. The van der Waals surface area contributed by atoms with Crippen molar-refractivity contribution in [3.8, 4) is 0 Å². The fourth-order valence-corrected chi connectivity index (χ4v) is 1.96. The van der Waals surface area contributed by atoms with Crippen molar-refractivity contribution < 1.29 is 0 Å². The van der Waals surface area contributed by atoms with Gasteiger partial charge in [0.2, 0.25) is 0 Å². The lowest BCUT2D eigenvalue weighted by Crippen LogP contribution is -2.28. The Bertz CT molecular complexity index is 118. The highest BCUT2D eigenvalue weighted by Crippen LogP contribution is 2.33. The molecule has 0 aromatic carbocycles. The van der Waals surface area contributed by atoms with E-state index in [0.717, 1.165) is 0 Å². The van der Waals surface area contributed by atoms with Crippen LogP contribution in [-0.4, -0.2) is 37.2 Å². The molecule has 1 heterocycles. The molecule has 0 amide bonds. The Morgan fingerprint density at radius 3 is 1.55 bits per heavy atom. The Morgan fingerprint density at radius 1 is 1.00 bits per heavy atom. The molecule has 1 rings (SSSR count). The zero-order valence-corrected chi connectivity index (χ0v) is 8.22. The molecule has 11 heavy (non-hydrogen) atoms. The molecule has 0 spiro atoms. The van der Waals surface area contributed by atoms with Gasteiger partial charge in [0, 0.05) is 27.2 Å². The number of hydrogen-bond donors (Lipinski definition) is 0. The van der Waals surface area contributed by atoms with Crippen LogP contribution in [-0.2, 0) is 0 Å². The maximum absolute atomic E-state index is 2.33. The largest absolute Gasteiger partial charge is 0.245 e. The van der Waals surface area contributed by atoms with Gasteiger partial charge in [-0.25, -0.2) is 10.0 Å². The van der Waals surface area contributed by atoms with Gasteiger partial charge in [-0.2, -0.15) is 0 Å². The third-order valence-corrected chi connectivity index (χ3v) is 3.21. The van der Waals surface area contributed by atoms with Crippen molar-refractivity contribution in [2.45, 2.75) is 26.7 Å². The lowest BCUT2D eigenvalue weighted by Gasteiger charge is -2.23. The van der Waals surface area contributed by atoms with Gasteiger partial charge in [0.15, 0.2) is 0 Å². The average molecular weight is 156 g/mol. The molecule has 1 fully saturated rings. The van der Waals surface area contributed by atoms with Gasteiger partial charge in [-0.15, -0.1) is 0 Å². The van der Waals surface area contributed by atoms with Crippen molar-refractivity contribution in [3.05, 3.63) is 0 Å². The van der Waals surface area contributed by atoms with Crippen LogP contribution in [0.4, 0.5) is 0 Å². The fourth-order valence-electron chi connectivity index (χ4n) is 1.96. The first kappa shape index (κ1) is 9.01. The van der Waals surface area contributed by atoms with Crippen molar-refractivity contribution in [1.82, 2.24) is 10.0 Å². The molecule has 0 N–H and O–H groups in total. The molecular weight excluding hydrogens is 136 g/mol. The first-order valence-electron chi connectivity index (χ1n) is 4.56. The summed E-state index contributed by atoms with van der Waals surface area (Å²) in [6.45, 7) is 7.07. The van der Waals surface area contributed by atoms with Gasteiger partial charge in [0.05, 0.1) is 0 Å². The summed E-state index contributed by atoms with van der Waals surface area (Å²) < 4.78 is 0. The van der Waals surface area contributed by atoms with E-state index in [4.69, 9.17) is 0 Å². The van der Waals surface area contributed by atoms with Crippen LogP contribution >= 0.6 is 0 Å². The van der Waals surface area contributed by atoms with Crippen LogP contribution in [0.5, 0.6) is 0 Å². The molecule has 1 saturated heterocycles. The van der Waals surface area contributed by atoms with E-state index >= 15 is 0 Å². The summed E-state index contributed by atoms with van der Waals surface area (Å²) in [7, 11) is 4.35. The maximum Gasteiger partial charge on any atom is 0.0199 e. The van der Waals surface area contributed by atoms with E-state index in [1.54, 1.807) is 0 Å². The molecule has 0 saturated carbocycles. The molecule has 1 aliphatic rings. The minimum absolute atomic E-state index is 0.573. The second-order valence-electron chi connectivity index (χ2n) is 3.84. The van der Waals surface area contributed by atoms with Crippen LogP contribution in [0.15, 0.2) is 0 Å². The Labute approximate surface area is 70.1 Å². The second kappa shape index (κ2) is 3.11. The molecule has 0 atom stereocenters. The minimum atomic E-state index is 0.573. The third-order valence-electron chi connectivity index (χ3n) is 3.21. The number of hydrazine groups is 1. The standard InChI is InChI=1S/C9H20N2/c1-5-9(6-2)7-10(3)11(4)8-9/h5-8H2,1-4H3. The monoisotopic (exact) mass is 156 g/mol. The van der Waals surface area contributed by atoms with Crippen LogP contribution in [0.2, 0.25) is 0 Å². The summed E-state index contributed by atoms with van der Waals surface area (Å²) in [5.74, 6) is 0. The molecule has 0 radical (unpaired) electrons. The smallest absolute Gasteiger partial charge is 0.0199 e. The number of rotatable bonds is 2. The highest BCUT2D eigenvalue weighted by atomic mass is 15.6. The van der Waals surface area contributed by atoms with Crippen LogP contribution in [0.3, 0.4) is 0 Å². The van der Waals surface area contributed by atoms with Crippen molar-refractivity contribution in [2.75, 3.05) is 27.2 Å². The SMILES string of the molecule is CCC1(CC)CN(C)N(C)C1. The van der Waals surface area contributed by atoms with Gasteiger partial charge in [-0.1, -0.05) is 13.8 Å². The molecule has 0 unspecified atom stereocenters. The van der Waals surface area contributed by atoms with Crippen molar-refractivity contribution >= 4 is 0 Å². The number of nitrogens with zero attached hydrogens (tertiary/aromatic N) is 2. The first-order valence-corrected chi connectivity index (χ1v) is 4.56. The van der Waals surface area contributed by atoms with Gasteiger partial charge >= 0.3 is 0 Å². The zero-order valence-electron chi connectivity index (χ0n) is 8.22. The zero-order chi connectivity index (χ0) is 8.48. The van der Waals surface area contributed by atoms with E-state index < -0.39 is 0 Å². The summed E-state index contributed by atoms with van der Waals surface area (Å²) in [4.78, 5) is 0. The summed E-state index contributed by atoms with van der Waals surface area (Å²) in [6.07, 6.45) is 2.61. The maximum atomic E-state index is 2.33. The second-order valence-corrected chi connectivity index (χ2v) is 3.84. The molecule has 1 aliphatic heterocycles. The highest BCUT2D eigenvalue weighted by Gasteiger charge is 2.36. The van der Waals surface area contributed by atoms with Crippen LogP contribution in [0.25, 0.3) is 0 Å². The molecule has 0 aromatic heterocycles. The molecule has 0 bridgehead atoms. The van der Waals surface area contributed by atoms with E-state index in [1.165, 1.54) is 25.9 Å². The minimum Gasteiger partial charge on any atom is -0.245 e. The lowest BCUT2D eigenvalue weighted by atomic mass is 9.83. The van der Waals surface area contributed by atoms with Gasteiger partial charge in [-0.05, 0) is 18.3 Å². The van der Waals surface area contributed by atoms with E-state index in [-0.39, 0.29) is 0 Å². The lowest BCUT2D eigenvalue weighted by molar-refractivity contribution is 0.0894. The molecule has 2 nitrogen and oxygen atoms in total. The highest BCUT2D eigenvalue weighted by molar-refractivity contribution is 4.86. The summed E-state index contributed by atoms with van der Waals surface area (Å²) in [5.41, 5.74) is 0.573. The van der Waals surface area contributed by atoms with Crippen molar-refractivity contribution in [1.29, 1.82) is 0 Å². The number of hydrogen-bond acceptors (Lipinski definition) is 2. The van der Waals surface area contributed by atoms with Crippen molar-refractivity contribution in [2.24, 2.45) is 5.41 Å². The topological polar surface area (TPSA) is 6.48 Å². The van der Waals surface area contributed by atoms with Crippen molar-refractivity contribution in [3.63, 3.8) is 0 Å². The Balaban J connectivity index is 2.61. The van der Waals surface area contributed by atoms with E-state index in [2.05, 4.69) is 38.0 Å². The predicted molar refractivity (Wildman–Crippen MR) is 48.3 cm³/mol. The molecule has 66 valence electrons. The molecular formula is C9H20N2. The Hall–Kier alpha value is -0.0800. The van der Waals surface area contributed by atoms with Crippen LogP contribution in [0.1, 0.15) is 26.7 Å². The van der Waals surface area contributed by atoms with Crippen LogP contribution < -0.4 is 0 Å².